The molecule has 0 amide bonds. The van der Waals surface area contributed by atoms with Crippen molar-refractivity contribution in [3.05, 3.63) is 34.2 Å². The first-order chi connectivity index (χ1) is 9.56. The molecule has 0 atom stereocenters. The van der Waals surface area contributed by atoms with Crippen LogP contribution in [0.4, 0.5) is 0 Å². The van der Waals surface area contributed by atoms with Gasteiger partial charge >= 0.3 is 5.97 Å². The molecule has 0 unspecified atom stereocenters. The Morgan fingerprint density at radius 2 is 2.35 bits per heavy atom. The topological polar surface area (TPSA) is 67.4 Å². The molecular weight excluding hydrogens is 278 g/mol. The largest absolute Gasteiger partial charge is 0.466 e. The van der Waals surface area contributed by atoms with Gasteiger partial charge in [0.05, 0.1) is 41.9 Å². The Bertz CT molecular complexity index is 700. The number of rotatable bonds is 4. The van der Waals surface area contributed by atoms with Crippen LogP contribution in [-0.4, -0.2) is 22.0 Å². The Morgan fingerprint density at radius 3 is 3.00 bits per heavy atom. The standard InChI is InChI=1S/C14H14ClN3O2/c1-3-20-13(19)7-11-12(4-5-16)18-8-10(15)6-9(2)14(18)17-11/h6,8H,3-4,7H2,1-2H3. The van der Waals surface area contributed by atoms with Crippen LogP contribution in [0.5, 0.6) is 0 Å². The number of imidazole rings is 1. The summed E-state index contributed by atoms with van der Waals surface area (Å²) in [4.78, 5) is 16.1. The van der Waals surface area contributed by atoms with Crippen molar-refractivity contribution in [3.63, 3.8) is 0 Å². The highest BCUT2D eigenvalue weighted by Gasteiger charge is 2.17. The van der Waals surface area contributed by atoms with Crippen LogP contribution in [0, 0.1) is 18.3 Å². The fraction of sp³-hybridized carbons (Fsp3) is 0.357. The molecule has 104 valence electrons. The predicted octanol–water partition coefficient (Wildman–Crippen LogP) is 2.47. The lowest BCUT2D eigenvalue weighted by Gasteiger charge is -2.03. The molecule has 2 aromatic heterocycles. The summed E-state index contributed by atoms with van der Waals surface area (Å²) in [6, 6.07) is 3.89. The van der Waals surface area contributed by atoms with Crippen LogP contribution in [0.15, 0.2) is 12.3 Å². The van der Waals surface area contributed by atoms with E-state index in [1.165, 1.54) is 0 Å². The lowest BCUT2D eigenvalue weighted by atomic mass is 10.2. The summed E-state index contributed by atoms with van der Waals surface area (Å²) in [7, 11) is 0. The van der Waals surface area contributed by atoms with E-state index in [-0.39, 0.29) is 18.8 Å². The molecule has 0 radical (unpaired) electrons. The number of aryl methyl sites for hydroxylation is 1. The van der Waals surface area contributed by atoms with Crippen molar-refractivity contribution in [1.29, 1.82) is 5.26 Å². The van der Waals surface area contributed by atoms with Gasteiger partial charge in [-0.15, -0.1) is 0 Å². The second-order valence-electron chi connectivity index (χ2n) is 4.36. The number of halogens is 1. The van der Waals surface area contributed by atoms with Crippen molar-refractivity contribution in [2.24, 2.45) is 0 Å². The summed E-state index contributed by atoms with van der Waals surface area (Å²) >= 11 is 6.04. The predicted molar refractivity (Wildman–Crippen MR) is 74.6 cm³/mol. The van der Waals surface area contributed by atoms with E-state index in [4.69, 9.17) is 21.6 Å². The molecule has 5 nitrogen and oxygen atoms in total. The number of carbonyl (C=O) groups is 1. The molecule has 0 aliphatic heterocycles. The average molecular weight is 292 g/mol. The molecule has 2 rings (SSSR count). The molecule has 0 bridgehead atoms. The van der Waals surface area contributed by atoms with Crippen molar-refractivity contribution in [1.82, 2.24) is 9.38 Å². The number of ether oxygens (including phenoxy) is 1. The summed E-state index contributed by atoms with van der Waals surface area (Å²) in [6.07, 6.45) is 1.93. The number of carbonyl (C=O) groups excluding carboxylic acids is 1. The molecule has 2 aromatic rings. The third-order valence-electron chi connectivity index (χ3n) is 2.92. The van der Waals surface area contributed by atoms with Crippen LogP contribution >= 0.6 is 11.6 Å². The van der Waals surface area contributed by atoms with E-state index in [1.54, 1.807) is 23.6 Å². The van der Waals surface area contributed by atoms with Gasteiger partial charge in [0, 0.05) is 6.20 Å². The number of hydrogen-bond donors (Lipinski definition) is 0. The van der Waals surface area contributed by atoms with E-state index < -0.39 is 0 Å². The number of fused-ring (bicyclic) bond motifs is 1. The summed E-state index contributed by atoms with van der Waals surface area (Å²) in [5.41, 5.74) is 2.85. The smallest absolute Gasteiger partial charge is 0.311 e. The highest BCUT2D eigenvalue weighted by Crippen LogP contribution is 2.21. The zero-order valence-corrected chi connectivity index (χ0v) is 12.1. The Balaban J connectivity index is 2.53. The molecule has 0 saturated carbocycles. The first-order valence-electron chi connectivity index (χ1n) is 6.25. The maximum atomic E-state index is 11.6. The van der Waals surface area contributed by atoms with Crippen LogP contribution < -0.4 is 0 Å². The minimum absolute atomic E-state index is 0.0591. The van der Waals surface area contributed by atoms with Gasteiger partial charge in [-0.2, -0.15) is 5.26 Å². The quantitative estimate of drug-likeness (QED) is 0.812. The zero-order valence-electron chi connectivity index (χ0n) is 11.3. The second-order valence-corrected chi connectivity index (χ2v) is 4.79. The lowest BCUT2D eigenvalue weighted by Crippen LogP contribution is -2.09. The van der Waals surface area contributed by atoms with Gasteiger partial charge in [-0.25, -0.2) is 4.98 Å². The van der Waals surface area contributed by atoms with Gasteiger partial charge in [-0.3, -0.25) is 4.79 Å². The minimum Gasteiger partial charge on any atom is -0.466 e. The summed E-state index contributed by atoms with van der Waals surface area (Å²) in [5, 5.41) is 9.52. The van der Waals surface area contributed by atoms with Crippen LogP contribution in [-0.2, 0) is 22.4 Å². The fourth-order valence-electron chi connectivity index (χ4n) is 2.11. The van der Waals surface area contributed by atoms with Crippen LogP contribution in [0.1, 0.15) is 23.9 Å². The molecule has 20 heavy (non-hydrogen) atoms. The van der Waals surface area contributed by atoms with E-state index in [0.717, 1.165) is 5.56 Å². The molecule has 6 heteroatoms. The highest BCUT2D eigenvalue weighted by molar-refractivity contribution is 6.30. The monoisotopic (exact) mass is 291 g/mol. The van der Waals surface area contributed by atoms with Crippen molar-refractivity contribution in [2.45, 2.75) is 26.7 Å². The average Bonchev–Trinajstić information content (AvgIpc) is 2.69. The Morgan fingerprint density at radius 1 is 1.60 bits per heavy atom. The third kappa shape index (κ3) is 2.75. The van der Waals surface area contributed by atoms with E-state index in [2.05, 4.69) is 11.1 Å². The molecular formula is C14H14ClN3O2. The van der Waals surface area contributed by atoms with Gasteiger partial charge < -0.3 is 9.14 Å². The Labute approximate surface area is 121 Å². The molecule has 0 fully saturated rings. The number of nitriles is 1. The fourth-order valence-corrected chi connectivity index (χ4v) is 2.38. The third-order valence-corrected chi connectivity index (χ3v) is 3.12. The summed E-state index contributed by atoms with van der Waals surface area (Å²) in [6.45, 7) is 3.96. The highest BCUT2D eigenvalue weighted by atomic mass is 35.5. The van der Waals surface area contributed by atoms with Gasteiger partial charge in [-0.1, -0.05) is 11.6 Å². The lowest BCUT2D eigenvalue weighted by molar-refractivity contribution is -0.142. The normalized spacial score (nSPS) is 10.5. The van der Waals surface area contributed by atoms with Gasteiger partial charge in [0.1, 0.15) is 5.65 Å². The number of aromatic nitrogens is 2. The second kappa shape index (κ2) is 5.93. The van der Waals surface area contributed by atoms with E-state index in [0.29, 0.717) is 28.7 Å². The Kier molecular flexibility index (Phi) is 4.26. The maximum absolute atomic E-state index is 11.6. The molecule has 2 heterocycles. The minimum atomic E-state index is -0.348. The van der Waals surface area contributed by atoms with Crippen molar-refractivity contribution in [2.75, 3.05) is 6.61 Å². The number of pyridine rings is 1. The van der Waals surface area contributed by atoms with E-state index in [9.17, 15) is 4.79 Å². The van der Waals surface area contributed by atoms with Crippen LogP contribution in [0.2, 0.25) is 5.02 Å². The molecule has 0 N–H and O–H groups in total. The first kappa shape index (κ1) is 14.4. The maximum Gasteiger partial charge on any atom is 0.311 e. The van der Waals surface area contributed by atoms with Gasteiger partial charge in [0.2, 0.25) is 0 Å². The Hall–Kier alpha value is -2.06. The van der Waals surface area contributed by atoms with Gasteiger partial charge in [0.25, 0.3) is 0 Å². The number of esters is 1. The SMILES string of the molecule is CCOC(=O)Cc1nc2c(C)cc(Cl)cn2c1CC#N. The van der Waals surface area contributed by atoms with Gasteiger partial charge in [0.15, 0.2) is 0 Å². The van der Waals surface area contributed by atoms with Crippen molar-refractivity contribution < 1.29 is 9.53 Å². The number of hydrogen-bond acceptors (Lipinski definition) is 4. The molecule has 0 saturated heterocycles. The first-order valence-corrected chi connectivity index (χ1v) is 6.63. The summed E-state index contributed by atoms with van der Waals surface area (Å²) in [5.74, 6) is -0.348. The van der Waals surface area contributed by atoms with Crippen LogP contribution in [0.25, 0.3) is 5.65 Å². The molecule has 0 aliphatic rings. The summed E-state index contributed by atoms with van der Waals surface area (Å²) < 4.78 is 6.71. The number of nitrogens with zero attached hydrogens (tertiary/aromatic N) is 3. The molecule has 0 spiro atoms. The van der Waals surface area contributed by atoms with Crippen molar-refractivity contribution >= 4 is 23.2 Å². The van der Waals surface area contributed by atoms with Crippen LogP contribution in [0.3, 0.4) is 0 Å². The molecule has 0 aliphatic carbocycles. The zero-order chi connectivity index (χ0) is 14.7. The van der Waals surface area contributed by atoms with E-state index in [1.807, 2.05) is 6.92 Å². The molecule has 0 aromatic carbocycles. The van der Waals surface area contributed by atoms with Gasteiger partial charge in [-0.05, 0) is 25.5 Å². The van der Waals surface area contributed by atoms with Crippen molar-refractivity contribution in [3.8, 4) is 6.07 Å². The van der Waals surface area contributed by atoms with E-state index >= 15 is 0 Å².